The number of methoxy groups -OCH3 is 1. The smallest absolute Gasteiger partial charge is 0.338 e. The number of hydrogen-bond donors (Lipinski definition) is 0. The van der Waals surface area contributed by atoms with Crippen molar-refractivity contribution in [3.63, 3.8) is 0 Å². The number of amidine groups is 1. The minimum atomic E-state index is -0.562. The van der Waals surface area contributed by atoms with Crippen LogP contribution in [0.25, 0.3) is 0 Å². The molecule has 1 aromatic rings. The number of carbonyl (C=O) groups excluding carboxylic acids is 2. The lowest BCUT2D eigenvalue weighted by molar-refractivity contribution is -0.141. The number of benzene rings is 1. The van der Waals surface area contributed by atoms with Crippen LogP contribution in [0.4, 0.5) is 0 Å². The first-order valence-electron chi connectivity index (χ1n) is 8.97. The van der Waals surface area contributed by atoms with Gasteiger partial charge in [0.15, 0.2) is 5.17 Å². The quantitative estimate of drug-likeness (QED) is 0.722. The Morgan fingerprint density at radius 2 is 2.19 bits per heavy atom. The minimum Gasteiger partial charge on any atom is -0.497 e. The lowest BCUT2D eigenvalue weighted by Gasteiger charge is -2.39. The predicted molar refractivity (Wildman–Crippen MR) is 106 cm³/mol. The van der Waals surface area contributed by atoms with Crippen LogP contribution in [0.2, 0.25) is 0 Å². The molecular formula is C20H24N2O4S. The van der Waals surface area contributed by atoms with Gasteiger partial charge in [-0.1, -0.05) is 37.7 Å². The number of hydrogen-bond acceptors (Lipinski definition) is 6. The maximum absolute atomic E-state index is 12.9. The van der Waals surface area contributed by atoms with Gasteiger partial charge in [-0.05, 0) is 30.5 Å². The molecule has 27 heavy (non-hydrogen) atoms. The standard InChI is InChI=1S/C20H24N2O4S/c1-12(2)11-26-19(24)17-13(3)21-20-22(16(23)8-9-27-20)18(17)14-6-5-7-15(10-14)25-4/h5-7,10,12,18H,8-9,11H2,1-4H3/t18-/m1/s1. The minimum absolute atomic E-state index is 0.0398. The van der Waals surface area contributed by atoms with Crippen LogP contribution in [0.15, 0.2) is 40.5 Å². The SMILES string of the molecule is COc1cccc([C@@H]2C(C(=O)OCC(C)C)=C(C)N=C3SCCC(=O)N32)c1. The number of thioether (sulfide) groups is 1. The van der Waals surface area contributed by atoms with E-state index in [0.29, 0.717) is 41.0 Å². The Kier molecular flexibility index (Phi) is 5.89. The zero-order valence-corrected chi connectivity index (χ0v) is 16.8. The van der Waals surface area contributed by atoms with Crippen LogP contribution in [0.5, 0.6) is 5.75 Å². The molecule has 0 N–H and O–H groups in total. The first-order chi connectivity index (χ1) is 12.9. The number of nitrogens with zero attached hydrogens (tertiary/aromatic N) is 2. The summed E-state index contributed by atoms with van der Waals surface area (Å²) in [6.07, 6.45) is 0.414. The van der Waals surface area contributed by atoms with Crippen LogP contribution in [-0.4, -0.2) is 41.4 Å². The Balaban J connectivity index is 2.08. The highest BCUT2D eigenvalue weighted by atomic mass is 32.2. The number of amides is 1. The van der Waals surface area contributed by atoms with Gasteiger partial charge in [-0.2, -0.15) is 0 Å². The summed E-state index contributed by atoms with van der Waals surface area (Å²) in [6, 6.07) is 6.87. The van der Waals surface area contributed by atoms with Gasteiger partial charge in [0, 0.05) is 12.2 Å². The Bertz CT molecular complexity index is 816. The molecule has 0 radical (unpaired) electrons. The van der Waals surface area contributed by atoms with E-state index >= 15 is 0 Å². The number of allylic oxidation sites excluding steroid dienone is 1. The first kappa shape index (κ1) is 19.5. The highest BCUT2D eigenvalue weighted by Gasteiger charge is 2.41. The van der Waals surface area contributed by atoms with E-state index in [-0.39, 0.29) is 11.8 Å². The molecule has 7 heteroatoms. The van der Waals surface area contributed by atoms with Crippen LogP contribution in [0, 0.1) is 5.92 Å². The molecule has 1 aromatic carbocycles. The number of aliphatic imine (C=N–C) groups is 1. The molecule has 3 rings (SSSR count). The van der Waals surface area contributed by atoms with E-state index in [0.717, 1.165) is 5.56 Å². The number of carbonyl (C=O) groups is 2. The van der Waals surface area contributed by atoms with Gasteiger partial charge in [-0.25, -0.2) is 9.79 Å². The largest absolute Gasteiger partial charge is 0.497 e. The van der Waals surface area contributed by atoms with Crippen LogP contribution in [0.1, 0.15) is 38.8 Å². The normalized spacial score (nSPS) is 19.7. The van der Waals surface area contributed by atoms with E-state index < -0.39 is 12.0 Å². The van der Waals surface area contributed by atoms with E-state index in [1.807, 2.05) is 38.1 Å². The van der Waals surface area contributed by atoms with Crippen LogP contribution >= 0.6 is 11.8 Å². The Morgan fingerprint density at radius 1 is 1.41 bits per heavy atom. The third-order valence-electron chi connectivity index (χ3n) is 4.38. The third-order valence-corrected chi connectivity index (χ3v) is 5.34. The number of esters is 1. The van der Waals surface area contributed by atoms with Crippen molar-refractivity contribution in [3.8, 4) is 5.75 Å². The fourth-order valence-corrected chi connectivity index (χ4v) is 4.11. The summed E-state index contributed by atoms with van der Waals surface area (Å²) in [5, 5.41) is 0.636. The number of rotatable bonds is 5. The average Bonchev–Trinajstić information content (AvgIpc) is 2.65. The van der Waals surface area contributed by atoms with E-state index in [1.54, 1.807) is 18.9 Å². The van der Waals surface area contributed by atoms with Crippen LogP contribution in [-0.2, 0) is 14.3 Å². The van der Waals surface area contributed by atoms with Crippen molar-refractivity contribution >= 4 is 28.8 Å². The molecule has 6 nitrogen and oxygen atoms in total. The molecule has 1 atom stereocenters. The molecule has 0 saturated carbocycles. The summed E-state index contributed by atoms with van der Waals surface area (Å²) in [4.78, 5) is 31.8. The summed E-state index contributed by atoms with van der Waals surface area (Å²) in [6.45, 7) is 6.08. The molecule has 0 unspecified atom stereocenters. The van der Waals surface area contributed by atoms with E-state index in [9.17, 15) is 9.59 Å². The third kappa shape index (κ3) is 4.03. The molecular weight excluding hydrogens is 364 g/mol. The second-order valence-electron chi connectivity index (χ2n) is 6.93. The average molecular weight is 388 g/mol. The fourth-order valence-electron chi connectivity index (χ4n) is 3.10. The molecule has 0 spiro atoms. The molecule has 1 saturated heterocycles. The fraction of sp³-hybridized carbons (Fsp3) is 0.450. The monoisotopic (exact) mass is 388 g/mol. The lowest BCUT2D eigenvalue weighted by atomic mass is 9.94. The van der Waals surface area contributed by atoms with Gasteiger partial charge in [-0.3, -0.25) is 9.69 Å². The van der Waals surface area contributed by atoms with Crippen molar-refractivity contribution in [1.29, 1.82) is 0 Å². The topological polar surface area (TPSA) is 68.2 Å². The van der Waals surface area contributed by atoms with Gasteiger partial charge in [0.25, 0.3) is 0 Å². The zero-order valence-electron chi connectivity index (χ0n) is 16.0. The molecule has 0 bridgehead atoms. The number of ether oxygens (including phenoxy) is 2. The summed E-state index contributed by atoms with van der Waals surface area (Å²) in [5.41, 5.74) is 1.79. The summed E-state index contributed by atoms with van der Waals surface area (Å²) >= 11 is 1.53. The molecule has 2 aliphatic heterocycles. The van der Waals surface area contributed by atoms with Gasteiger partial charge in [0.1, 0.15) is 5.75 Å². The first-order valence-corrected chi connectivity index (χ1v) is 9.96. The van der Waals surface area contributed by atoms with Crippen molar-refractivity contribution in [2.75, 3.05) is 19.5 Å². The second-order valence-corrected chi connectivity index (χ2v) is 7.99. The van der Waals surface area contributed by atoms with Crippen LogP contribution in [0.3, 0.4) is 0 Å². The van der Waals surface area contributed by atoms with Crippen molar-refractivity contribution < 1.29 is 19.1 Å². The van der Waals surface area contributed by atoms with E-state index in [2.05, 4.69) is 4.99 Å². The zero-order chi connectivity index (χ0) is 19.6. The van der Waals surface area contributed by atoms with Gasteiger partial charge < -0.3 is 9.47 Å². The van der Waals surface area contributed by atoms with Crippen molar-refractivity contribution in [2.24, 2.45) is 10.9 Å². The highest BCUT2D eigenvalue weighted by molar-refractivity contribution is 8.14. The van der Waals surface area contributed by atoms with Gasteiger partial charge in [0.2, 0.25) is 5.91 Å². The van der Waals surface area contributed by atoms with Crippen molar-refractivity contribution in [3.05, 3.63) is 41.1 Å². The van der Waals surface area contributed by atoms with Crippen molar-refractivity contribution in [2.45, 2.75) is 33.2 Å². The molecule has 2 heterocycles. The molecule has 144 valence electrons. The predicted octanol–water partition coefficient (Wildman–Crippen LogP) is 3.54. The Hall–Kier alpha value is -2.28. The van der Waals surface area contributed by atoms with Gasteiger partial charge in [-0.15, -0.1) is 0 Å². The second kappa shape index (κ2) is 8.17. The number of fused-ring (bicyclic) bond motifs is 1. The lowest BCUT2D eigenvalue weighted by Crippen LogP contribution is -2.45. The van der Waals surface area contributed by atoms with Crippen LogP contribution < -0.4 is 4.74 Å². The maximum atomic E-state index is 12.9. The summed E-state index contributed by atoms with van der Waals surface area (Å²) in [7, 11) is 1.59. The van der Waals surface area contributed by atoms with E-state index in [1.165, 1.54) is 11.8 Å². The maximum Gasteiger partial charge on any atom is 0.338 e. The Labute approximate surface area is 163 Å². The van der Waals surface area contributed by atoms with E-state index in [4.69, 9.17) is 9.47 Å². The highest BCUT2D eigenvalue weighted by Crippen LogP contribution is 2.41. The molecule has 0 aliphatic carbocycles. The molecule has 1 amide bonds. The van der Waals surface area contributed by atoms with Crippen molar-refractivity contribution in [1.82, 2.24) is 4.90 Å². The summed E-state index contributed by atoms with van der Waals surface area (Å²) < 4.78 is 10.8. The molecule has 2 aliphatic rings. The molecule has 0 aromatic heterocycles. The molecule has 1 fully saturated rings. The van der Waals surface area contributed by atoms with Gasteiger partial charge >= 0.3 is 5.97 Å². The summed E-state index contributed by atoms with van der Waals surface area (Å²) in [5.74, 6) is 1.11. The van der Waals surface area contributed by atoms with Gasteiger partial charge in [0.05, 0.1) is 31.0 Å². The Morgan fingerprint density at radius 3 is 2.89 bits per heavy atom.